The zero-order valence-corrected chi connectivity index (χ0v) is 9.96. The van der Waals surface area contributed by atoms with Crippen molar-refractivity contribution in [3.8, 4) is 0 Å². The molecule has 0 heterocycles. The molecule has 98 valence electrons. The van der Waals surface area contributed by atoms with Gasteiger partial charge in [-0.25, -0.2) is 0 Å². The number of carbonyl (C=O) groups excluding carboxylic acids is 1. The Hall–Kier alpha value is -1.32. The maximum absolute atomic E-state index is 12.2. The van der Waals surface area contributed by atoms with Crippen molar-refractivity contribution in [2.75, 3.05) is 0 Å². The average Bonchev–Trinajstić information content (AvgIpc) is 2.38. The molecule has 1 saturated carbocycles. The molecule has 0 radical (unpaired) electrons. The third-order valence-electron chi connectivity index (χ3n) is 3.51. The van der Waals surface area contributed by atoms with Crippen molar-refractivity contribution in [3.05, 3.63) is 35.4 Å². The van der Waals surface area contributed by atoms with E-state index in [1.807, 2.05) is 0 Å². The fraction of sp³-hybridized carbons (Fsp3) is 0.500. The van der Waals surface area contributed by atoms with E-state index < -0.39 is 12.0 Å². The molecule has 0 saturated heterocycles. The monoisotopic (exact) mass is 256 g/mol. The third-order valence-corrected chi connectivity index (χ3v) is 3.51. The van der Waals surface area contributed by atoms with E-state index >= 15 is 0 Å². The second kappa shape index (κ2) is 5.12. The van der Waals surface area contributed by atoms with E-state index in [0.29, 0.717) is 5.92 Å². The lowest BCUT2D eigenvalue weighted by atomic mass is 9.84. The van der Waals surface area contributed by atoms with Gasteiger partial charge in [0.25, 0.3) is 5.78 Å². The van der Waals surface area contributed by atoms with E-state index in [4.69, 9.17) is 0 Å². The first-order chi connectivity index (χ1) is 8.48. The molecule has 1 fully saturated rings. The largest absolute Gasteiger partial charge is 0.454 e. The van der Waals surface area contributed by atoms with Crippen LogP contribution in [-0.2, 0) is 0 Å². The molecule has 2 rings (SSSR count). The van der Waals surface area contributed by atoms with Crippen LogP contribution in [0.3, 0.4) is 0 Å². The van der Waals surface area contributed by atoms with Crippen LogP contribution < -0.4 is 0 Å². The highest BCUT2D eigenvalue weighted by Crippen LogP contribution is 2.33. The number of rotatable bonds is 2. The molecule has 0 aliphatic heterocycles. The minimum atomic E-state index is -4.79. The Bertz CT molecular complexity index is 414. The Morgan fingerprint density at radius 2 is 1.56 bits per heavy atom. The highest BCUT2D eigenvalue weighted by Gasteiger charge is 2.39. The van der Waals surface area contributed by atoms with Crippen molar-refractivity contribution in [3.63, 3.8) is 0 Å². The molecule has 0 atom stereocenters. The Morgan fingerprint density at radius 1 is 1.00 bits per heavy atom. The van der Waals surface area contributed by atoms with Gasteiger partial charge in [0.2, 0.25) is 0 Å². The number of hydrogen-bond acceptors (Lipinski definition) is 1. The molecule has 1 nitrogen and oxygen atoms in total. The van der Waals surface area contributed by atoms with Crippen molar-refractivity contribution in [1.29, 1.82) is 0 Å². The predicted octanol–water partition coefficient (Wildman–Crippen LogP) is 4.48. The van der Waals surface area contributed by atoms with Gasteiger partial charge in [0, 0.05) is 5.56 Å². The summed E-state index contributed by atoms with van der Waals surface area (Å²) in [7, 11) is 0. The smallest absolute Gasteiger partial charge is 0.284 e. The van der Waals surface area contributed by atoms with E-state index in [-0.39, 0.29) is 5.56 Å². The summed E-state index contributed by atoms with van der Waals surface area (Å²) >= 11 is 0. The summed E-state index contributed by atoms with van der Waals surface area (Å²) in [5.41, 5.74) is 0.774. The summed E-state index contributed by atoms with van der Waals surface area (Å²) in [4.78, 5) is 11.0. The minimum absolute atomic E-state index is 0.276. The van der Waals surface area contributed by atoms with Crippen molar-refractivity contribution >= 4 is 5.78 Å². The normalized spacial score (nSPS) is 17.7. The topological polar surface area (TPSA) is 17.1 Å². The molecular formula is C14H15F3O. The van der Waals surface area contributed by atoms with Gasteiger partial charge in [-0.15, -0.1) is 0 Å². The summed E-state index contributed by atoms with van der Waals surface area (Å²) in [5, 5.41) is 0. The first-order valence-corrected chi connectivity index (χ1v) is 6.20. The van der Waals surface area contributed by atoms with Gasteiger partial charge in [0.1, 0.15) is 0 Å². The second-order valence-corrected chi connectivity index (χ2v) is 4.78. The van der Waals surface area contributed by atoms with Crippen molar-refractivity contribution in [2.24, 2.45) is 0 Å². The van der Waals surface area contributed by atoms with Crippen LogP contribution in [0.4, 0.5) is 13.2 Å². The SMILES string of the molecule is O=C(c1ccc(C2CCCCC2)cc1)C(F)(F)F. The number of hydrogen-bond donors (Lipinski definition) is 0. The van der Waals surface area contributed by atoms with E-state index in [0.717, 1.165) is 18.4 Å². The van der Waals surface area contributed by atoms with Crippen LogP contribution in [-0.4, -0.2) is 12.0 Å². The number of benzene rings is 1. The Morgan fingerprint density at radius 3 is 2.06 bits per heavy atom. The van der Waals surface area contributed by atoms with Gasteiger partial charge in [-0.05, 0) is 24.3 Å². The van der Waals surface area contributed by atoms with Crippen LogP contribution in [0.15, 0.2) is 24.3 Å². The second-order valence-electron chi connectivity index (χ2n) is 4.78. The van der Waals surface area contributed by atoms with Gasteiger partial charge < -0.3 is 0 Å². The summed E-state index contributed by atoms with van der Waals surface area (Å²) in [5.74, 6) is -1.33. The molecular weight excluding hydrogens is 241 g/mol. The highest BCUT2D eigenvalue weighted by molar-refractivity contribution is 6.00. The lowest BCUT2D eigenvalue weighted by Crippen LogP contribution is -2.22. The van der Waals surface area contributed by atoms with E-state index in [2.05, 4.69) is 0 Å². The molecule has 0 unspecified atom stereocenters. The van der Waals surface area contributed by atoms with Gasteiger partial charge in [-0.2, -0.15) is 13.2 Å². The summed E-state index contributed by atoms with van der Waals surface area (Å²) in [6.45, 7) is 0. The average molecular weight is 256 g/mol. The Labute approximate surface area is 104 Å². The molecule has 4 heteroatoms. The number of alkyl halides is 3. The zero-order valence-electron chi connectivity index (χ0n) is 9.96. The summed E-state index contributed by atoms with van der Waals surface area (Å²) in [6, 6.07) is 5.91. The Kier molecular flexibility index (Phi) is 3.73. The number of halogens is 3. The maximum atomic E-state index is 12.2. The number of Topliss-reactive ketones (excluding diaryl/α,β-unsaturated/α-hetero) is 1. The van der Waals surface area contributed by atoms with Gasteiger partial charge in [-0.3, -0.25) is 4.79 Å². The summed E-state index contributed by atoms with van der Waals surface area (Å²) in [6.07, 6.45) is 0.981. The molecule has 1 aliphatic rings. The van der Waals surface area contributed by atoms with E-state index in [9.17, 15) is 18.0 Å². The molecule has 1 aromatic rings. The van der Waals surface area contributed by atoms with Gasteiger partial charge in [0.15, 0.2) is 0 Å². The van der Waals surface area contributed by atoms with E-state index in [1.54, 1.807) is 12.1 Å². The summed E-state index contributed by atoms with van der Waals surface area (Å²) < 4.78 is 36.7. The fourth-order valence-electron chi connectivity index (χ4n) is 2.51. The highest BCUT2D eigenvalue weighted by atomic mass is 19.4. The standard InChI is InChI=1S/C14H15F3O/c15-14(16,17)13(18)12-8-6-11(7-9-12)10-4-2-1-3-5-10/h6-10H,1-5H2. The third kappa shape index (κ3) is 2.92. The van der Waals surface area contributed by atoms with Crippen molar-refractivity contribution in [1.82, 2.24) is 0 Å². The van der Waals surface area contributed by atoms with E-state index in [1.165, 1.54) is 31.4 Å². The maximum Gasteiger partial charge on any atom is 0.454 e. The number of carbonyl (C=O) groups is 1. The van der Waals surface area contributed by atoms with Crippen LogP contribution in [0.5, 0.6) is 0 Å². The zero-order chi connectivity index (χ0) is 13.2. The van der Waals surface area contributed by atoms with Gasteiger partial charge in [-0.1, -0.05) is 43.5 Å². The molecule has 0 amide bonds. The molecule has 0 N–H and O–H groups in total. The van der Waals surface area contributed by atoms with Crippen LogP contribution >= 0.6 is 0 Å². The lowest BCUT2D eigenvalue weighted by Gasteiger charge is -2.22. The number of ketones is 1. The van der Waals surface area contributed by atoms with Gasteiger partial charge >= 0.3 is 6.18 Å². The molecule has 0 aromatic heterocycles. The van der Waals surface area contributed by atoms with Crippen LogP contribution in [0.1, 0.15) is 53.9 Å². The molecule has 1 aliphatic carbocycles. The fourth-order valence-corrected chi connectivity index (χ4v) is 2.51. The van der Waals surface area contributed by atoms with Crippen LogP contribution in [0, 0.1) is 0 Å². The predicted molar refractivity (Wildman–Crippen MR) is 62.7 cm³/mol. The first-order valence-electron chi connectivity index (χ1n) is 6.20. The Balaban J connectivity index is 2.12. The van der Waals surface area contributed by atoms with Crippen molar-refractivity contribution in [2.45, 2.75) is 44.2 Å². The molecule has 0 spiro atoms. The lowest BCUT2D eigenvalue weighted by molar-refractivity contribution is -0.0885. The minimum Gasteiger partial charge on any atom is -0.284 e. The van der Waals surface area contributed by atoms with Crippen LogP contribution in [0.25, 0.3) is 0 Å². The van der Waals surface area contributed by atoms with Crippen molar-refractivity contribution < 1.29 is 18.0 Å². The van der Waals surface area contributed by atoms with Crippen LogP contribution in [0.2, 0.25) is 0 Å². The molecule has 1 aromatic carbocycles. The quantitative estimate of drug-likeness (QED) is 0.713. The first kappa shape index (κ1) is 13.1. The molecule has 0 bridgehead atoms. The molecule has 18 heavy (non-hydrogen) atoms. The van der Waals surface area contributed by atoms with Gasteiger partial charge in [0.05, 0.1) is 0 Å².